The molecule has 21 heavy (non-hydrogen) atoms. The summed E-state index contributed by atoms with van der Waals surface area (Å²) in [6, 6.07) is 5.04. The van der Waals surface area contributed by atoms with Crippen molar-refractivity contribution in [3.8, 4) is 0 Å². The number of nitrogens with one attached hydrogen (secondary N) is 2. The van der Waals surface area contributed by atoms with Crippen LogP contribution >= 0.6 is 0 Å². The summed E-state index contributed by atoms with van der Waals surface area (Å²) in [5.41, 5.74) is -0.696. The molecule has 0 unspecified atom stereocenters. The van der Waals surface area contributed by atoms with Gasteiger partial charge in [0.05, 0.1) is 11.3 Å². The highest BCUT2D eigenvalue weighted by atomic mass is 19.1. The van der Waals surface area contributed by atoms with Gasteiger partial charge in [0.1, 0.15) is 5.82 Å². The van der Waals surface area contributed by atoms with Crippen LogP contribution in [0.25, 0.3) is 0 Å². The molecule has 0 aliphatic heterocycles. The minimum atomic E-state index is -1.34. The van der Waals surface area contributed by atoms with Crippen molar-refractivity contribution in [3.63, 3.8) is 0 Å². The van der Waals surface area contributed by atoms with Crippen LogP contribution in [-0.2, 0) is 0 Å². The molecule has 0 saturated heterocycles. The fourth-order valence-electron chi connectivity index (χ4n) is 1.62. The standard InChI is InChI=1S/C12H8FN3O5/c13-6-1-2-7(12(18)19)9(5-6)15-11(17)8-3-4-10(14-8)16(20)21/h1-5,14H,(H,15,17)(H,18,19). The number of hydrogen-bond acceptors (Lipinski definition) is 4. The van der Waals surface area contributed by atoms with Crippen LogP contribution in [0.4, 0.5) is 15.9 Å². The Morgan fingerprint density at radius 2 is 2.00 bits per heavy atom. The number of nitro groups is 1. The third-order valence-electron chi connectivity index (χ3n) is 2.57. The monoisotopic (exact) mass is 293 g/mol. The molecule has 1 amide bonds. The number of carbonyl (C=O) groups is 2. The van der Waals surface area contributed by atoms with Gasteiger partial charge in [-0.2, -0.15) is 0 Å². The molecule has 2 rings (SSSR count). The normalized spacial score (nSPS) is 10.1. The van der Waals surface area contributed by atoms with Gasteiger partial charge in [-0.1, -0.05) is 0 Å². The zero-order valence-corrected chi connectivity index (χ0v) is 10.3. The molecule has 2 aromatic rings. The predicted molar refractivity (Wildman–Crippen MR) is 68.8 cm³/mol. The maximum Gasteiger partial charge on any atom is 0.337 e. The maximum absolute atomic E-state index is 13.1. The summed E-state index contributed by atoms with van der Waals surface area (Å²) in [6.07, 6.45) is 0. The van der Waals surface area contributed by atoms with Gasteiger partial charge in [-0.3, -0.25) is 4.79 Å². The second kappa shape index (κ2) is 5.41. The number of rotatable bonds is 4. The van der Waals surface area contributed by atoms with E-state index in [1.54, 1.807) is 0 Å². The highest BCUT2D eigenvalue weighted by Gasteiger charge is 2.18. The Labute approximate surface area is 116 Å². The van der Waals surface area contributed by atoms with Gasteiger partial charge in [0.15, 0.2) is 5.69 Å². The third kappa shape index (κ3) is 3.03. The number of carboxylic acids is 1. The quantitative estimate of drug-likeness (QED) is 0.587. The summed E-state index contributed by atoms with van der Waals surface area (Å²) in [5.74, 6) is -3.29. The Balaban J connectivity index is 2.28. The molecule has 0 aliphatic carbocycles. The molecule has 0 radical (unpaired) electrons. The molecule has 3 N–H and O–H groups in total. The lowest BCUT2D eigenvalue weighted by atomic mass is 10.1. The van der Waals surface area contributed by atoms with E-state index in [9.17, 15) is 24.1 Å². The number of benzene rings is 1. The van der Waals surface area contributed by atoms with E-state index in [0.29, 0.717) is 0 Å². The lowest BCUT2D eigenvalue weighted by molar-refractivity contribution is -0.389. The van der Waals surface area contributed by atoms with Crippen molar-refractivity contribution in [2.75, 3.05) is 5.32 Å². The van der Waals surface area contributed by atoms with Crippen molar-refractivity contribution in [2.45, 2.75) is 0 Å². The lowest BCUT2D eigenvalue weighted by Crippen LogP contribution is -2.15. The van der Waals surface area contributed by atoms with E-state index in [1.165, 1.54) is 0 Å². The summed E-state index contributed by atoms with van der Waals surface area (Å²) in [6.45, 7) is 0. The van der Waals surface area contributed by atoms with E-state index in [-0.39, 0.29) is 16.9 Å². The zero-order chi connectivity index (χ0) is 15.6. The average Bonchev–Trinajstić information content (AvgIpc) is 2.88. The second-order valence-corrected chi connectivity index (χ2v) is 3.96. The van der Waals surface area contributed by atoms with Gasteiger partial charge in [0, 0.05) is 6.07 Å². The topological polar surface area (TPSA) is 125 Å². The molecule has 0 spiro atoms. The average molecular weight is 293 g/mol. The number of H-pyrrole nitrogens is 1. The maximum atomic E-state index is 13.1. The summed E-state index contributed by atoms with van der Waals surface area (Å²) in [5, 5.41) is 21.6. The number of aromatic carboxylic acids is 1. The van der Waals surface area contributed by atoms with Gasteiger partial charge in [0.25, 0.3) is 5.91 Å². The van der Waals surface area contributed by atoms with E-state index in [2.05, 4.69) is 10.3 Å². The van der Waals surface area contributed by atoms with E-state index in [0.717, 1.165) is 30.3 Å². The molecule has 108 valence electrons. The van der Waals surface area contributed by atoms with Gasteiger partial charge in [0.2, 0.25) is 0 Å². The minimum absolute atomic E-state index is 0.151. The molecule has 0 saturated carbocycles. The van der Waals surface area contributed by atoms with Crippen LogP contribution < -0.4 is 5.32 Å². The molecule has 0 atom stereocenters. The third-order valence-corrected chi connectivity index (χ3v) is 2.57. The minimum Gasteiger partial charge on any atom is -0.478 e. The summed E-state index contributed by atoms with van der Waals surface area (Å²) < 4.78 is 13.1. The van der Waals surface area contributed by atoms with E-state index in [1.807, 2.05) is 0 Å². The number of nitrogens with zero attached hydrogens (tertiary/aromatic N) is 1. The van der Waals surface area contributed by atoms with Crippen molar-refractivity contribution < 1.29 is 24.0 Å². The van der Waals surface area contributed by atoms with Gasteiger partial charge >= 0.3 is 11.8 Å². The van der Waals surface area contributed by atoms with Gasteiger partial charge in [-0.25, -0.2) is 14.2 Å². The van der Waals surface area contributed by atoms with Crippen molar-refractivity contribution in [3.05, 3.63) is 57.5 Å². The van der Waals surface area contributed by atoms with Crippen LogP contribution in [0.5, 0.6) is 0 Å². The predicted octanol–water partition coefficient (Wildman–Crippen LogP) is 2.01. The zero-order valence-electron chi connectivity index (χ0n) is 10.3. The molecule has 8 nitrogen and oxygen atoms in total. The lowest BCUT2D eigenvalue weighted by Gasteiger charge is -2.06. The smallest absolute Gasteiger partial charge is 0.337 e. The second-order valence-electron chi connectivity index (χ2n) is 3.96. The number of carboxylic acid groups (broad SMARTS) is 1. The molecule has 0 bridgehead atoms. The van der Waals surface area contributed by atoms with Crippen molar-refractivity contribution in [1.29, 1.82) is 0 Å². The fourth-order valence-corrected chi connectivity index (χ4v) is 1.62. The highest BCUT2D eigenvalue weighted by Crippen LogP contribution is 2.19. The van der Waals surface area contributed by atoms with Crippen LogP contribution in [0, 0.1) is 15.9 Å². The van der Waals surface area contributed by atoms with E-state index in [4.69, 9.17) is 5.11 Å². The van der Waals surface area contributed by atoms with Crippen LogP contribution in [0.1, 0.15) is 20.8 Å². The summed E-state index contributed by atoms with van der Waals surface area (Å²) in [4.78, 5) is 34.9. The molecule has 9 heteroatoms. The van der Waals surface area contributed by atoms with Crippen molar-refractivity contribution >= 4 is 23.4 Å². The first-order chi connectivity index (χ1) is 9.88. The number of halogens is 1. The molecule has 0 fully saturated rings. The Morgan fingerprint density at radius 3 is 2.57 bits per heavy atom. The first kappa shape index (κ1) is 14.2. The number of aromatic nitrogens is 1. The molecule has 1 aromatic heterocycles. The van der Waals surface area contributed by atoms with E-state index >= 15 is 0 Å². The molecular weight excluding hydrogens is 285 g/mol. The fraction of sp³-hybridized carbons (Fsp3) is 0. The number of anilines is 1. The number of aromatic amines is 1. The SMILES string of the molecule is O=C(Nc1cc(F)ccc1C(=O)O)c1ccc([N+](=O)[O-])[nH]1. The van der Waals surface area contributed by atoms with Crippen molar-refractivity contribution in [2.24, 2.45) is 0 Å². The van der Waals surface area contributed by atoms with Crippen LogP contribution in [0.3, 0.4) is 0 Å². The number of hydrogen-bond donors (Lipinski definition) is 3. The Hall–Kier alpha value is -3.23. The Bertz CT molecular complexity index is 740. The summed E-state index contributed by atoms with van der Waals surface area (Å²) in [7, 11) is 0. The Morgan fingerprint density at radius 1 is 1.29 bits per heavy atom. The highest BCUT2D eigenvalue weighted by molar-refractivity contribution is 6.07. The Kier molecular flexibility index (Phi) is 3.65. The van der Waals surface area contributed by atoms with Crippen LogP contribution in [0.15, 0.2) is 30.3 Å². The molecule has 0 aliphatic rings. The molecular formula is C12H8FN3O5. The van der Waals surface area contributed by atoms with Gasteiger partial charge < -0.3 is 20.5 Å². The molecule has 1 heterocycles. The van der Waals surface area contributed by atoms with E-state index < -0.39 is 28.4 Å². The van der Waals surface area contributed by atoms with Crippen molar-refractivity contribution in [1.82, 2.24) is 4.98 Å². The number of amides is 1. The van der Waals surface area contributed by atoms with Crippen LogP contribution in [0.2, 0.25) is 0 Å². The molecule has 1 aromatic carbocycles. The van der Waals surface area contributed by atoms with Gasteiger partial charge in [-0.15, -0.1) is 0 Å². The van der Waals surface area contributed by atoms with Crippen LogP contribution in [-0.4, -0.2) is 26.9 Å². The van der Waals surface area contributed by atoms with Gasteiger partial charge in [-0.05, 0) is 29.2 Å². The largest absolute Gasteiger partial charge is 0.478 e. The first-order valence-corrected chi connectivity index (χ1v) is 5.56. The first-order valence-electron chi connectivity index (χ1n) is 5.56. The summed E-state index contributed by atoms with van der Waals surface area (Å²) >= 11 is 0. The number of carbonyl (C=O) groups excluding carboxylic acids is 1.